The molecule has 0 bridgehead atoms. The molecule has 2 aliphatic rings. The maximum atomic E-state index is 2.46. The van der Waals surface area contributed by atoms with Crippen LogP contribution in [0.15, 0.2) is 23.9 Å². The number of unbranched alkanes of at least 4 members (excludes halogenated alkanes) is 1. The maximum Gasteiger partial charge on any atom is 0.176 e. The van der Waals surface area contributed by atoms with Crippen LogP contribution >= 0.6 is 0 Å². The SMILES string of the molecule is CC1CC(=CCCC=CC2=[N+](C)C(C)C(C)C2)N(C)C1C. The largest absolute Gasteiger partial charge is 0.375 e. The van der Waals surface area contributed by atoms with Gasteiger partial charge in [-0.3, -0.25) is 0 Å². The summed E-state index contributed by atoms with van der Waals surface area (Å²) in [5, 5.41) is 0. The van der Waals surface area contributed by atoms with E-state index in [-0.39, 0.29) is 0 Å². The summed E-state index contributed by atoms with van der Waals surface area (Å²) in [6.07, 6.45) is 11.9. The fourth-order valence-corrected chi connectivity index (χ4v) is 3.55. The van der Waals surface area contributed by atoms with E-state index < -0.39 is 0 Å². The Morgan fingerprint density at radius 3 is 2.33 bits per heavy atom. The highest BCUT2D eigenvalue weighted by atomic mass is 15.2. The lowest BCUT2D eigenvalue weighted by molar-refractivity contribution is -0.530. The van der Waals surface area contributed by atoms with Crippen LogP contribution < -0.4 is 0 Å². The maximum absolute atomic E-state index is 2.46. The summed E-state index contributed by atoms with van der Waals surface area (Å²) < 4.78 is 2.44. The van der Waals surface area contributed by atoms with Gasteiger partial charge < -0.3 is 4.90 Å². The molecule has 0 amide bonds. The lowest BCUT2D eigenvalue weighted by atomic mass is 10.0. The quantitative estimate of drug-likeness (QED) is 0.558. The third kappa shape index (κ3) is 3.59. The van der Waals surface area contributed by atoms with Crippen LogP contribution in [0.2, 0.25) is 0 Å². The van der Waals surface area contributed by atoms with Gasteiger partial charge >= 0.3 is 0 Å². The number of hydrogen-bond donors (Lipinski definition) is 0. The zero-order chi connectivity index (χ0) is 15.6. The van der Waals surface area contributed by atoms with Crippen LogP contribution in [0.25, 0.3) is 0 Å². The fourth-order valence-electron chi connectivity index (χ4n) is 3.55. The minimum absolute atomic E-state index is 0.682. The van der Waals surface area contributed by atoms with Crippen molar-refractivity contribution in [2.45, 2.75) is 65.5 Å². The molecular weight excluding hydrogens is 256 g/mol. The molecule has 0 aromatic carbocycles. The predicted molar refractivity (Wildman–Crippen MR) is 91.9 cm³/mol. The molecule has 0 saturated carbocycles. The zero-order valence-corrected chi connectivity index (χ0v) is 14.8. The first kappa shape index (κ1) is 16.3. The second-order valence-electron chi connectivity index (χ2n) is 7.23. The molecule has 2 aliphatic heterocycles. The summed E-state index contributed by atoms with van der Waals surface area (Å²) >= 11 is 0. The van der Waals surface area contributed by atoms with E-state index in [0.717, 1.165) is 24.7 Å². The van der Waals surface area contributed by atoms with Crippen LogP contribution in [0.3, 0.4) is 0 Å². The summed E-state index contributed by atoms with van der Waals surface area (Å²) in [5.41, 5.74) is 3.04. The van der Waals surface area contributed by atoms with E-state index in [1.807, 2.05) is 0 Å². The monoisotopic (exact) mass is 289 g/mol. The van der Waals surface area contributed by atoms with E-state index in [0.29, 0.717) is 12.1 Å². The van der Waals surface area contributed by atoms with Gasteiger partial charge in [-0.15, -0.1) is 0 Å². The molecule has 118 valence electrons. The summed E-state index contributed by atoms with van der Waals surface area (Å²) in [6, 6.07) is 1.37. The molecule has 0 aliphatic carbocycles. The van der Waals surface area contributed by atoms with Crippen molar-refractivity contribution in [3.05, 3.63) is 23.9 Å². The van der Waals surface area contributed by atoms with Crippen LogP contribution in [0.4, 0.5) is 0 Å². The molecular formula is C19H33N2+. The van der Waals surface area contributed by atoms with Gasteiger partial charge in [0.05, 0.1) is 0 Å². The van der Waals surface area contributed by atoms with Gasteiger partial charge in [0.1, 0.15) is 7.05 Å². The Hall–Kier alpha value is -1.05. The molecule has 21 heavy (non-hydrogen) atoms. The number of nitrogens with zero attached hydrogens (tertiary/aromatic N) is 2. The standard InChI is InChI=1S/C19H33N2/c1-14-12-18(20(5)16(14)3)10-8-7-9-11-19-13-15(2)17(4)21(19)6/h8,10-11,14-17H,7,9,12-13H2,1-6H3/q+1. The highest BCUT2D eigenvalue weighted by Gasteiger charge is 2.31. The van der Waals surface area contributed by atoms with E-state index in [4.69, 9.17) is 0 Å². The topological polar surface area (TPSA) is 6.25 Å². The summed E-state index contributed by atoms with van der Waals surface area (Å²) in [5.74, 6) is 1.58. The summed E-state index contributed by atoms with van der Waals surface area (Å²) in [4.78, 5) is 2.46. The molecule has 0 radical (unpaired) electrons. The normalized spacial score (nSPS) is 35.7. The van der Waals surface area contributed by atoms with Gasteiger partial charge in [-0.2, -0.15) is 0 Å². The van der Waals surface area contributed by atoms with Gasteiger partial charge in [-0.25, -0.2) is 4.58 Å². The van der Waals surface area contributed by atoms with Crippen LogP contribution in [0.1, 0.15) is 53.4 Å². The van der Waals surface area contributed by atoms with Gasteiger partial charge in [0.25, 0.3) is 0 Å². The van der Waals surface area contributed by atoms with E-state index in [9.17, 15) is 0 Å². The molecule has 0 aromatic heterocycles. The van der Waals surface area contributed by atoms with Crippen molar-refractivity contribution < 1.29 is 4.58 Å². The van der Waals surface area contributed by atoms with Crippen LogP contribution in [-0.4, -0.2) is 41.4 Å². The molecule has 2 nitrogen and oxygen atoms in total. The second-order valence-corrected chi connectivity index (χ2v) is 7.23. The Bertz CT molecular complexity index is 458. The van der Waals surface area contributed by atoms with Crippen molar-refractivity contribution in [3.63, 3.8) is 0 Å². The first-order chi connectivity index (χ1) is 9.91. The smallest absolute Gasteiger partial charge is 0.176 e. The predicted octanol–water partition coefficient (Wildman–Crippen LogP) is 4.08. The highest BCUT2D eigenvalue weighted by molar-refractivity contribution is 5.91. The number of allylic oxidation sites excluding steroid dienone is 4. The van der Waals surface area contributed by atoms with Crippen molar-refractivity contribution in [1.29, 1.82) is 0 Å². The molecule has 1 saturated heterocycles. The minimum Gasteiger partial charge on any atom is -0.375 e. The first-order valence-corrected chi connectivity index (χ1v) is 8.58. The Morgan fingerprint density at radius 2 is 1.81 bits per heavy atom. The van der Waals surface area contributed by atoms with Crippen LogP contribution in [0.5, 0.6) is 0 Å². The van der Waals surface area contributed by atoms with Gasteiger partial charge in [-0.05, 0) is 39.0 Å². The van der Waals surface area contributed by atoms with E-state index in [1.165, 1.54) is 24.3 Å². The van der Waals surface area contributed by atoms with Crippen molar-refractivity contribution >= 4 is 5.71 Å². The molecule has 2 heteroatoms. The average molecular weight is 289 g/mol. The lowest BCUT2D eigenvalue weighted by Gasteiger charge is -2.20. The summed E-state index contributed by atoms with van der Waals surface area (Å²) in [7, 11) is 4.47. The number of rotatable bonds is 4. The molecule has 0 spiro atoms. The molecule has 1 fully saturated rings. The van der Waals surface area contributed by atoms with Crippen molar-refractivity contribution in [2.75, 3.05) is 14.1 Å². The average Bonchev–Trinajstić information content (AvgIpc) is 2.84. The third-order valence-electron chi connectivity index (χ3n) is 5.86. The van der Waals surface area contributed by atoms with E-state index in [2.05, 4.69) is 69.5 Å². The fraction of sp³-hybridized carbons (Fsp3) is 0.737. The minimum atomic E-state index is 0.682. The van der Waals surface area contributed by atoms with Crippen molar-refractivity contribution in [3.8, 4) is 0 Å². The zero-order valence-electron chi connectivity index (χ0n) is 14.8. The van der Waals surface area contributed by atoms with E-state index in [1.54, 1.807) is 0 Å². The highest BCUT2D eigenvalue weighted by Crippen LogP contribution is 2.30. The lowest BCUT2D eigenvalue weighted by Crippen LogP contribution is -2.23. The van der Waals surface area contributed by atoms with Gasteiger partial charge in [0.15, 0.2) is 11.8 Å². The van der Waals surface area contributed by atoms with Crippen molar-refractivity contribution in [2.24, 2.45) is 11.8 Å². The Labute approximate surface area is 131 Å². The van der Waals surface area contributed by atoms with Crippen molar-refractivity contribution in [1.82, 2.24) is 4.90 Å². The molecule has 2 heterocycles. The van der Waals surface area contributed by atoms with E-state index >= 15 is 0 Å². The molecule has 0 aromatic rings. The molecule has 0 N–H and O–H groups in total. The van der Waals surface area contributed by atoms with Gasteiger partial charge in [0.2, 0.25) is 0 Å². The van der Waals surface area contributed by atoms with Gasteiger partial charge in [-0.1, -0.05) is 26.0 Å². The summed E-state index contributed by atoms with van der Waals surface area (Å²) in [6.45, 7) is 9.37. The number of likely N-dealkylation sites (tertiary alicyclic amines) is 1. The molecule has 4 atom stereocenters. The first-order valence-electron chi connectivity index (χ1n) is 8.58. The number of hydrogen-bond acceptors (Lipinski definition) is 1. The second kappa shape index (κ2) is 6.81. The molecule has 2 rings (SSSR count). The third-order valence-corrected chi connectivity index (χ3v) is 5.86. The Morgan fingerprint density at radius 1 is 1.10 bits per heavy atom. The van der Waals surface area contributed by atoms with Crippen LogP contribution in [0, 0.1) is 11.8 Å². The Balaban J connectivity index is 1.82. The van der Waals surface area contributed by atoms with Crippen LogP contribution in [-0.2, 0) is 0 Å². The molecule has 4 unspecified atom stereocenters. The Kier molecular flexibility index (Phi) is 5.29. The van der Waals surface area contributed by atoms with Gasteiger partial charge in [0, 0.05) is 37.2 Å².